The first-order chi connectivity index (χ1) is 12.3. The molecule has 2 aromatic carbocycles. The van der Waals surface area contributed by atoms with Crippen LogP contribution in [0.3, 0.4) is 0 Å². The summed E-state index contributed by atoms with van der Waals surface area (Å²) in [5, 5.41) is 4.10. The van der Waals surface area contributed by atoms with Crippen LogP contribution in [0, 0.1) is 6.92 Å². The predicted molar refractivity (Wildman–Crippen MR) is 94.9 cm³/mol. The molecule has 4 rings (SSSR count). The van der Waals surface area contributed by atoms with E-state index >= 15 is 0 Å². The largest absolute Gasteiger partial charge is 0.366 e. The number of aromatic nitrogens is 2. The number of hydrogen-bond acceptors (Lipinski definition) is 5. The molecule has 25 heavy (non-hydrogen) atoms. The smallest absolute Gasteiger partial charge is 0.257 e. The molecule has 1 aliphatic heterocycles. The van der Waals surface area contributed by atoms with E-state index in [4.69, 9.17) is 9.26 Å². The van der Waals surface area contributed by atoms with Gasteiger partial charge in [-0.15, -0.1) is 0 Å². The van der Waals surface area contributed by atoms with Crippen LogP contribution in [-0.2, 0) is 11.3 Å². The number of morpholine rings is 1. The summed E-state index contributed by atoms with van der Waals surface area (Å²) in [4.78, 5) is 6.90. The van der Waals surface area contributed by atoms with Gasteiger partial charge in [-0.25, -0.2) is 0 Å². The minimum Gasteiger partial charge on any atom is -0.366 e. The summed E-state index contributed by atoms with van der Waals surface area (Å²) < 4.78 is 11.3. The summed E-state index contributed by atoms with van der Waals surface area (Å²) in [5.41, 5.74) is 3.55. The molecule has 0 aliphatic carbocycles. The fourth-order valence-electron chi connectivity index (χ4n) is 3.13. The van der Waals surface area contributed by atoms with Gasteiger partial charge in [0.15, 0.2) is 0 Å². The van der Waals surface area contributed by atoms with Gasteiger partial charge in [0.1, 0.15) is 6.10 Å². The van der Waals surface area contributed by atoms with Crippen LogP contribution in [0.25, 0.3) is 11.4 Å². The van der Waals surface area contributed by atoms with Gasteiger partial charge in [0, 0.05) is 25.2 Å². The van der Waals surface area contributed by atoms with Crippen LogP contribution in [0.4, 0.5) is 0 Å². The highest BCUT2D eigenvalue weighted by Crippen LogP contribution is 2.24. The zero-order valence-electron chi connectivity index (χ0n) is 14.3. The lowest BCUT2D eigenvalue weighted by atomic mass is 10.1. The number of aryl methyl sites for hydroxylation is 1. The van der Waals surface area contributed by atoms with Crippen LogP contribution in [0.2, 0.25) is 0 Å². The number of rotatable bonds is 4. The first kappa shape index (κ1) is 16.0. The molecule has 3 aromatic rings. The van der Waals surface area contributed by atoms with Crippen molar-refractivity contribution in [3.05, 3.63) is 71.6 Å². The average molecular weight is 335 g/mol. The van der Waals surface area contributed by atoms with Gasteiger partial charge in [0.2, 0.25) is 5.82 Å². The van der Waals surface area contributed by atoms with Crippen LogP contribution in [0.1, 0.15) is 23.1 Å². The van der Waals surface area contributed by atoms with Crippen molar-refractivity contribution in [2.75, 3.05) is 19.7 Å². The highest BCUT2D eigenvalue weighted by Gasteiger charge is 2.27. The second kappa shape index (κ2) is 7.17. The lowest BCUT2D eigenvalue weighted by Crippen LogP contribution is -2.37. The van der Waals surface area contributed by atoms with E-state index in [-0.39, 0.29) is 6.10 Å². The minimum absolute atomic E-state index is 0.177. The molecule has 1 saturated heterocycles. The van der Waals surface area contributed by atoms with Crippen molar-refractivity contribution < 1.29 is 9.26 Å². The molecule has 2 heterocycles. The molecule has 0 amide bonds. The topological polar surface area (TPSA) is 51.4 Å². The Hall–Kier alpha value is -2.50. The number of benzene rings is 2. The van der Waals surface area contributed by atoms with Gasteiger partial charge in [-0.2, -0.15) is 4.98 Å². The Balaban J connectivity index is 1.45. The zero-order valence-corrected chi connectivity index (χ0v) is 14.3. The highest BCUT2D eigenvalue weighted by molar-refractivity contribution is 5.53. The normalized spacial score (nSPS) is 18.4. The Morgan fingerprint density at radius 1 is 1.12 bits per heavy atom. The molecule has 5 nitrogen and oxygen atoms in total. The summed E-state index contributed by atoms with van der Waals surface area (Å²) >= 11 is 0. The van der Waals surface area contributed by atoms with Gasteiger partial charge in [0.25, 0.3) is 5.89 Å². The van der Waals surface area contributed by atoms with Crippen molar-refractivity contribution in [2.24, 2.45) is 0 Å². The summed E-state index contributed by atoms with van der Waals surface area (Å²) in [7, 11) is 0. The van der Waals surface area contributed by atoms with Crippen molar-refractivity contribution in [2.45, 2.75) is 19.6 Å². The SMILES string of the molecule is Cc1cccc(CN2CCO[C@@H](c3nc(-c4ccccc4)no3)C2)c1. The van der Waals surface area contributed by atoms with Gasteiger partial charge >= 0.3 is 0 Å². The second-order valence-corrected chi connectivity index (χ2v) is 6.41. The molecule has 0 radical (unpaired) electrons. The van der Waals surface area contributed by atoms with Gasteiger partial charge in [-0.3, -0.25) is 4.90 Å². The second-order valence-electron chi connectivity index (χ2n) is 6.41. The lowest BCUT2D eigenvalue weighted by Gasteiger charge is -2.31. The third-order valence-corrected chi connectivity index (χ3v) is 4.39. The van der Waals surface area contributed by atoms with Crippen molar-refractivity contribution in [1.82, 2.24) is 15.0 Å². The van der Waals surface area contributed by atoms with E-state index < -0.39 is 0 Å². The van der Waals surface area contributed by atoms with E-state index in [0.29, 0.717) is 18.3 Å². The molecule has 0 N–H and O–H groups in total. The van der Waals surface area contributed by atoms with Gasteiger partial charge in [-0.1, -0.05) is 65.3 Å². The maximum atomic E-state index is 5.87. The standard InChI is InChI=1S/C20H21N3O2/c1-15-6-5-7-16(12-15)13-23-10-11-24-18(14-23)20-21-19(22-25-20)17-8-3-2-4-9-17/h2-9,12,18H,10-11,13-14H2,1H3/t18-/m1/s1. The van der Waals surface area contributed by atoms with E-state index in [9.17, 15) is 0 Å². The highest BCUT2D eigenvalue weighted by atomic mass is 16.5. The summed E-state index contributed by atoms with van der Waals surface area (Å²) in [6.45, 7) is 5.35. The summed E-state index contributed by atoms with van der Waals surface area (Å²) in [6, 6.07) is 18.5. The maximum absolute atomic E-state index is 5.87. The lowest BCUT2D eigenvalue weighted by molar-refractivity contribution is -0.0475. The Morgan fingerprint density at radius 3 is 2.84 bits per heavy atom. The number of hydrogen-bond donors (Lipinski definition) is 0. The van der Waals surface area contributed by atoms with Gasteiger partial charge in [-0.05, 0) is 12.5 Å². The van der Waals surface area contributed by atoms with Crippen molar-refractivity contribution >= 4 is 0 Å². The molecule has 1 atom stereocenters. The third kappa shape index (κ3) is 3.78. The van der Waals surface area contributed by atoms with Crippen LogP contribution >= 0.6 is 0 Å². The van der Waals surface area contributed by atoms with Gasteiger partial charge in [0.05, 0.1) is 6.61 Å². The van der Waals surface area contributed by atoms with Crippen LogP contribution < -0.4 is 0 Å². The van der Waals surface area contributed by atoms with E-state index in [2.05, 4.69) is 46.2 Å². The van der Waals surface area contributed by atoms with E-state index in [1.165, 1.54) is 11.1 Å². The monoisotopic (exact) mass is 335 g/mol. The minimum atomic E-state index is -0.177. The van der Waals surface area contributed by atoms with Crippen LogP contribution in [-0.4, -0.2) is 34.7 Å². The van der Waals surface area contributed by atoms with Crippen LogP contribution in [0.5, 0.6) is 0 Å². The Kier molecular flexibility index (Phi) is 4.59. The van der Waals surface area contributed by atoms with Crippen molar-refractivity contribution in [3.63, 3.8) is 0 Å². The quantitative estimate of drug-likeness (QED) is 0.729. The van der Waals surface area contributed by atoms with Crippen LogP contribution in [0.15, 0.2) is 59.1 Å². The van der Waals surface area contributed by atoms with Crippen molar-refractivity contribution in [3.8, 4) is 11.4 Å². The molecule has 0 unspecified atom stereocenters. The predicted octanol–water partition coefficient (Wildman–Crippen LogP) is 3.62. The zero-order chi connectivity index (χ0) is 17.1. The summed E-state index contributed by atoms with van der Waals surface area (Å²) in [5.74, 6) is 1.16. The molecule has 1 aliphatic rings. The molecule has 5 heteroatoms. The third-order valence-electron chi connectivity index (χ3n) is 4.39. The molecule has 1 fully saturated rings. The number of nitrogens with zero attached hydrogens (tertiary/aromatic N) is 3. The molecule has 0 bridgehead atoms. The Bertz CT molecular complexity index is 832. The fourth-order valence-corrected chi connectivity index (χ4v) is 3.13. The molecule has 1 aromatic heterocycles. The Labute approximate surface area is 147 Å². The molecular weight excluding hydrogens is 314 g/mol. The Morgan fingerprint density at radius 2 is 2.00 bits per heavy atom. The van der Waals surface area contributed by atoms with Crippen molar-refractivity contribution in [1.29, 1.82) is 0 Å². The number of ether oxygens (including phenoxy) is 1. The van der Waals surface area contributed by atoms with E-state index in [0.717, 1.165) is 25.2 Å². The average Bonchev–Trinajstić information content (AvgIpc) is 3.13. The molecule has 0 saturated carbocycles. The van der Waals surface area contributed by atoms with E-state index in [1.54, 1.807) is 0 Å². The first-order valence-corrected chi connectivity index (χ1v) is 8.56. The summed E-state index contributed by atoms with van der Waals surface area (Å²) in [6.07, 6.45) is -0.177. The first-order valence-electron chi connectivity index (χ1n) is 8.56. The molecule has 128 valence electrons. The molecular formula is C20H21N3O2. The van der Waals surface area contributed by atoms with Gasteiger partial charge < -0.3 is 9.26 Å². The maximum Gasteiger partial charge on any atom is 0.257 e. The fraction of sp³-hybridized carbons (Fsp3) is 0.300. The molecule has 0 spiro atoms. The van der Waals surface area contributed by atoms with E-state index in [1.807, 2.05) is 30.3 Å².